The zero-order chi connectivity index (χ0) is 19.3. The van der Waals surface area contributed by atoms with Gasteiger partial charge in [0.1, 0.15) is 11.7 Å². The fourth-order valence-corrected chi connectivity index (χ4v) is 3.23. The van der Waals surface area contributed by atoms with Gasteiger partial charge in [-0.1, -0.05) is 72.3 Å². The normalized spacial score (nSPS) is 11.9. The van der Waals surface area contributed by atoms with Crippen molar-refractivity contribution in [1.82, 2.24) is 15.0 Å². The van der Waals surface area contributed by atoms with E-state index in [2.05, 4.69) is 10.2 Å². The van der Waals surface area contributed by atoms with Gasteiger partial charge in [-0.3, -0.25) is 4.79 Å². The van der Waals surface area contributed by atoms with E-state index in [1.165, 1.54) is 0 Å². The molecule has 5 heteroatoms. The van der Waals surface area contributed by atoms with Crippen LogP contribution in [0.4, 0.5) is 0 Å². The van der Waals surface area contributed by atoms with Gasteiger partial charge in [0.25, 0.3) is 0 Å². The number of carbonyl (C=O) groups excluding carboxylic acids is 1. The number of carbonyl (C=O) groups is 1. The molecule has 0 N–H and O–H groups in total. The lowest BCUT2D eigenvalue weighted by Gasteiger charge is -2.16. The van der Waals surface area contributed by atoms with E-state index in [1.54, 1.807) is 35.3 Å². The molecule has 0 aliphatic carbocycles. The standard InChI is InChI=1S/C23H18ClN3O/c24-20-13-11-19(12-14-20)23(28)15-22(18-9-5-2-6-10-18)27-25-16-21(26-27)17-7-3-1-4-8-17/h1-14,16,22H,15H2. The average molecular weight is 388 g/mol. The van der Waals surface area contributed by atoms with Crippen molar-refractivity contribution in [3.8, 4) is 11.3 Å². The highest BCUT2D eigenvalue weighted by atomic mass is 35.5. The van der Waals surface area contributed by atoms with E-state index < -0.39 is 0 Å². The number of benzene rings is 3. The molecule has 0 saturated heterocycles. The summed E-state index contributed by atoms with van der Waals surface area (Å²) in [5, 5.41) is 9.72. The van der Waals surface area contributed by atoms with Gasteiger partial charge in [0, 0.05) is 22.6 Å². The van der Waals surface area contributed by atoms with E-state index in [-0.39, 0.29) is 18.2 Å². The van der Waals surface area contributed by atoms with Crippen LogP contribution in [0.25, 0.3) is 11.3 Å². The molecule has 1 aromatic heterocycles. The Bertz CT molecular complexity index is 1060. The zero-order valence-electron chi connectivity index (χ0n) is 15.1. The lowest BCUT2D eigenvalue weighted by atomic mass is 9.98. The largest absolute Gasteiger partial charge is 0.294 e. The van der Waals surface area contributed by atoms with Crippen molar-refractivity contribution in [1.29, 1.82) is 0 Å². The maximum Gasteiger partial charge on any atom is 0.165 e. The first-order valence-corrected chi connectivity index (χ1v) is 9.39. The summed E-state index contributed by atoms with van der Waals surface area (Å²) in [7, 11) is 0. The number of hydrogen-bond donors (Lipinski definition) is 0. The fourth-order valence-electron chi connectivity index (χ4n) is 3.10. The predicted octanol–water partition coefficient (Wildman–Crippen LogP) is 5.46. The second-order valence-electron chi connectivity index (χ2n) is 6.48. The minimum atomic E-state index is -0.290. The van der Waals surface area contributed by atoms with Crippen molar-refractivity contribution in [3.63, 3.8) is 0 Å². The van der Waals surface area contributed by atoms with Gasteiger partial charge in [0.15, 0.2) is 5.78 Å². The molecule has 28 heavy (non-hydrogen) atoms. The van der Waals surface area contributed by atoms with Crippen LogP contribution in [-0.2, 0) is 0 Å². The second kappa shape index (κ2) is 8.19. The number of halogens is 1. The smallest absolute Gasteiger partial charge is 0.165 e. The van der Waals surface area contributed by atoms with Crippen molar-refractivity contribution >= 4 is 17.4 Å². The Morgan fingerprint density at radius 3 is 2.21 bits per heavy atom. The Labute approximate surface area is 168 Å². The molecule has 4 nitrogen and oxygen atoms in total. The van der Waals surface area contributed by atoms with Gasteiger partial charge >= 0.3 is 0 Å². The lowest BCUT2D eigenvalue weighted by molar-refractivity contribution is 0.0964. The molecule has 0 amide bonds. The number of ketones is 1. The molecule has 138 valence electrons. The van der Waals surface area contributed by atoms with Crippen LogP contribution in [0.3, 0.4) is 0 Å². The van der Waals surface area contributed by atoms with Gasteiger partial charge in [0.2, 0.25) is 0 Å². The first kappa shape index (κ1) is 18.1. The van der Waals surface area contributed by atoms with E-state index in [9.17, 15) is 4.79 Å². The van der Waals surface area contributed by atoms with Crippen molar-refractivity contribution in [3.05, 3.63) is 107 Å². The molecule has 0 radical (unpaired) electrons. The van der Waals surface area contributed by atoms with Gasteiger partial charge in [-0.2, -0.15) is 15.0 Å². The molecule has 0 bridgehead atoms. The monoisotopic (exact) mass is 387 g/mol. The molecule has 4 aromatic rings. The van der Waals surface area contributed by atoms with Gasteiger partial charge < -0.3 is 0 Å². The molecule has 0 aliphatic rings. The molecule has 0 aliphatic heterocycles. The minimum Gasteiger partial charge on any atom is -0.294 e. The van der Waals surface area contributed by atoms with Crippen molar-refractivity contribution in [2.75, 3.05) is 0 Å². The molecule has 1 heterocycles. The third-order valence-corrected chi connectivity index (χ3v) is 4.84. The molecule has 1 atom stereocenters. The first-order chi connectivity index (χ1) is 13.7. The van der Waals surface area contributed by atoms with Crippen molar-refractivity contribution < 1.29 is 4.79 Å². The number of rotatable bonds is 6. The first-order valence-electron chi connectivity index (χ1n) is 9.01. The van der Waals surface area contributed by atoms with Gasteiger partial charge in [-0.15, -0.1) is 0 Å². The molecule has 0 saturated carbocycles. The molecule has 0 fully saturated rings. The predicted molar refractivity (Wildman–Crippen MR) is 110 cm³/mol. The van der Waals surface area contributed by atoms with Gasteiger partial charge in [-0.05, 0) is 29.8 Å². The van der Waals surface area contributed by atoms with E-state index in [1.807, 2.05) is 60.7 Å². The maximum atomic E-state index is 12.9. The number of Topliss-reactive ketones (excluding diaryl/α,β-unsaturated/α-hetero) is 1. The third-order valence-electron chi connectivity index (χ3n) is 4.59. The molecule has 3 aromatic carbocycles. The topological polar surface area (TPSA) is 47.8 Å². The fraction of sp³-hybridized carbons (Fsp3) is 0.0870. The summed E-state index contributed by atoms with van der Waals surface area (Å²) < 4.78 is 0. The summed E-state index contributed by atoms with van der Waals surface area (Å²) in [6, 6.07) is 26.4. The van der Waals surface area contributed by atoms with E-state index in [0.717, 1.165) is 16.8 Å². The van der Waals surface area contributed by atoms with Crippen LogP contribution in [0, 0.1) is 0 Å². The summed E-state index contributed by atoms with van der Waals surface area (Å²) in [5.74, 6) is 0.0177. The van der Waals surface area contributed by atoms with E-state index in [0.29, 0.717) is 10.6 Å². The van der Waals surface area contributed by atoms with Crippen LogP contribution in [0.2, 0.25) is 5.02 Å². The minimum absolute atomic E-state index is 0.0177. The highest BCUT2D eigenvalue weighted by Gasteiger charge is 2.21. The van der Waals surface area contributed by atoms with Crippen LogP contribution in [0.1, 0.15) is 28.4 Å². The summed E-state index contributed by atoms with van der Waals surface area (Å²) in [6.45, 7) is 0. The second-order valence-corrected chi connectivity index (χ2v) is 6.91. The van der Waals surface area contributed by atoms with Crippen LogP contribution in [0.15, 0.2) is 91.1 Å². The van der Waals surface area contributed by atoms with Crippen LogP contribution in [-0.4, -0.2) is 20.8 Å². The zero-order valence-corrected chi connectivity index (χ0v) is 15.8. The SMILES string of the molecule is O=C(CC(c1ccccc1)n1ncc(-c2ccccc2)n1)c1ccc(Cl)cc1. The Morgan fingerprint density at radius 1 is 0.893 bits per heavy atom. The highest BCUT2D eigenvalue weighted by Crippen LogP contribution is 2.25. The van der Waals surface area contributed by atoms with Crippen LogP contribution < -0.4 is 0 Å². The summed E-state index contributed by atoms with van der Waals surface area (Å²) >= 11 is 5.94. The summed E-state index contributed by atoms with van der Waals surface area (Å²) in [4.78, 5) is 14.5. The Kier molecular flexibility index (Phi) is 5.31. The van der Waals surface area contributed by atoms with E-state index >= 15 is 0 Å². The third kappa shape index (κ3) is 4.02. The highest BCUT2D eigenvalue weighted by molar-refractivity contribution is 6.30. The van der Waals surface area contributed by atoms with Crippen LogP contribution in [0.5, 0.6) is 0 Å². The number of aromatic nitrogens is 3. The number of nitrogens with zero attached hydrogens (tertiary/aromatic N) is 3. The molecular weight excluding hydrogens is 370 g/mol. The van der Waals surface area contributed by atoms with Crippen molar-refractivity contribution in [2.24, 2.45) is 0 Å². The number of hydrogen-bond acceptors (Lipinski definition) is 3. The summed E-state index contributed by atoms with van der Waals surface area (Å²) in [6.07, 6.45) is 1.99. The molecule has 0 spiro atoms. The molecule has 4 rings (SSSR count). The van der Waals surface area contributed by atoms with E-state index in [4.69, 9.17) is 11.6 Å². The van der Waals surface area contributed by atoms with Gasteiger partial charge in [-0.25, -0.2) is 0 Å². The summed E-state index contributed by atoms with van der Waals surface area (Å²) in [5.41, 5.74) is 3.38. The Balaban J connectivity index is 1.66. The Hall–Kier alpha value is -3.24. The van der Waals surface area contributed by atoms with Crippen LogP contribution >= 0.6 is 11.6 Å². The lowest BCUT2D eigenvalue weighted by Crippen LogP contribution is -2.18. The quantitative estimate of drug-likeness (QED) is 0.413. The molecule has 1 unspecified atom stereocenters. The maximum absolute atomic E-state index is 12.9. The molecular formula is C23H18ClN3O. The van der Waals surface area contributed by atoms with Gasteiger partial charge in [0.05, 0.1) is 6.20 Å². The average Bonchev–Trinajstić information content (AvgIpc) is 3.23. The Morgan fingerprint density at radius 2 is 1.54 bits per heavy atom. The van der Waals surface area contributed by atoms with Crippen molar-refractivity contribution in [2.45, 2.75) is 12.5 Å².